The Kier molecular flexibility index (Phi) is 7.13. The Labute approximate surface area is 219 Å². The summed E-state index contributed by atoms with van der Waals surface area (Å²) in [5.74, 6) is 0.500. The lowest BCUT2D eigenvalue weighted by atomic mass is 9.87. The van der Waals surface area contributed by atoms with Crippen molar-refractivity contribution in [3.63, 3.8) is 0 Å². The number of aliphatic hydroxyl groups is 1. The molecule has 1 fully saturated rings. The number of nitrogens with one attached hydrogen (secondary N) is 1. The van der Waals surface area contributed by atoms with E-state index in [1.807, 2.05) is 36.7 Å². The highest BCUT2D eigenvalue weighted by Crippen LogP contribution is 2.34. The van der Waals surface area contributed by atoms with Crippen molar-refractivity contribution in [1.29, 1.82) is 0 Å². The number of hydrogen-bond donors (Lipinski definition) is 2. The smallest absolute Gasteiger partial charge is 0.253 e. The standard InChI is InChI=1S/C31H36N4O2/c1-20-14-24(11-12-27(20)25-6-5-13-34(3)19-25)26-15-28-29(17-33-30(28)32-16-26)22-7-9-23(10-8-22)31(37)35(4)18-21(2)36/h7-12,14-17,21,25,36H,5-6,13,18-19H2,1-4H3,(H,32,33)/t21-,25+/m1/s1. The maximum absolute atomic E-state index is 12.7. The Morgan fingerprint density at radius 3 is 2.62 bits per heavy atom. The van der Waals surface area contributed by atoms with Crippen LogP contribution in [0.3, 0.4) is 0 Å². The van der Waals surface area contributed by atoms with Crippen molar-refractivity contribution < 1.29 is 9.90 Å². The van der Waals surface area contributed by atoms with Crippen LogP contribution in [0, 0.1) is 6.92 Å². The molecule has 0 saturated carbocycles. The van der Waals surface area contributed by atoms with Crippen LogP contribution in [0.15, 0.2) is 60.9 Å². The van der Waals surface area contributed by atoms with Gasteiger partial charge in [-0.3, -0.25) is 4.79 Å². The number of H-pyrrole nitrogens is 1. The topological polar surface area (TPSA) is 72.5 Å². The Morgan fingerprint density at radius 2 is 1.92 bits per heavy atom. The van der Waals surface area contributed by atoms with E-state index in [1.54, 1.807) is 18.9 Å². The molecule has 1 aliphatic rings. The number of amides is 1. The number of hydrogen-bond acceptors (Lipinski definition) is 4. The number of aromatic amines is 1. The van der Waals surface area contributed by atoms with Crippen LogP contribution in [0.5, 0.6) is 0 Å². The van der Waals surface area contributed by atoms with E-state index in [-0.39, 0.29) is 5.91 Å². The minimum Gasteiger partial charge on any atom is -0.392 e. The van der Waals surface area contributed by atoms with E-state index < -0.39 is 6.10 Å². The Bertz CT molecular complexity index is 1410. The van der Waals surface area contributed by atoms with E-state index in [0.717, 1.165) is 34.3 Å². The van der Waals surface area contributed by atoms with Gasteiger partial charge in [0.1, 0.15) is 5.65 Å². The molecule has 0 unspecified atom stereocenters. The van der Waals surface area contributed by atoms with Crippen molar-refractivity contribution in [3.8, 4) is 22.3 Å². The fraction of sp³-hybridized carbons (Fsp3) is 0.355. The summed E-state index contributed by atoms with van der Waals surface area (Å²) in [6.45, 7) is 6.52. The number of aliphatic hydroxyl groups excluding tert-OH is 1. The number of benzene rings is 2. The molecule has 4 aromatic rings. The maximum Gasteiger partial charge on any atom is 0.253 e. The van der Waals surface area contributed by atoms with Gasteiger partial charge in [0.2, 0.25) is 0 Å². The summed E-state index contributed by atoms with van der Waals surface area (Å²) in [5.41, 5.74) is 8.59. The number of piperidine rings is 1. The normalized spacial score (nSPS) is 17.2. The third-order valence-corrected chi connectivity index (χ3v) is 7.53. The number of pyridine rings is 1. The van der Waals surface area contributed by atoms with E-state index in [0.29, 0.717) is 18.0 Å². The van der Waals surface area contributed by atoms with Gasteiger partial charge >= 0.3 is 0 Å². The van der Waals surface area contributed by atoms with E-state index in [1.165, 1.54) is 36.1 Å². The molecule has 2 N–H and O–H groups in total. The first-order valence-corrected chi connectivity index (χ1v) is 13.1. The van der Waals surface area contributed by atoms with Crippen LogP contribution in [0.4, 0.5) is 0 Å². The predicted molar refractivity (Wildman–Crippen MR) is 150 cm³/mol. The summed E-state index contributed by atoms with van der Waals surface area (Å²) in [7, 11) is 3.92. The quantitative estimate of drug-likeness (QED) is 0.371. The minimum absolute atomic E-state index is 0.103. The summed E-state index contributed by atoms with van der Waals surface area (Å²) in [6, 6.07) is 16.7. The molecule has 6 nitrogen and oxygen atoms in total. The van der Waals surface area contributed by atoms with Crippen molar-refractivity contribution in [1.82, 2.24) is 19.8 Å². The zero-order valence-electron chi connectivity index (χ0n) is 22.2. The molecular formula is C31H36N4O2. The molecule has 3 heterocycles. The summed E-state index contributed by atoms with van der Waals surface area (Å²) in [4.78, 5) is 24.6. The minimum atomic E-state index is -0.560. The highest BCUT2D eigenvalue weighted by Gasteiger charge is 2.21. The van der Waals surface area contributed by atoms with Crippen LogP contribution in [-0.2, 0) is 0 Å². The van der Waals surface area contributed by atoms with Crippen LogP contribution in [0.2, 0.25) is 0 Å². The lowest BCUT2D eigenvalue weighted by molar-refractivity contribution is 0.0703. The van der Waals surface area contributed by atoms with E-state index in [9.17, 15) is 9.90 Å². The van der Waals surface area contributed by atoms with Crippen LogP contribution >= 0.6 is 0 Å². The lowest BCUT2D eigenvalue weighted by Crippen LogP contribution is -2.32. The molecule has 5 rings (SSSR count). The number of aryl methyl sites for hydroxylation is 1. The molecule has 1 aliphatic heterocycles. The van der Waals surface area contributed by atoms with Gasteiger partial charge in [-0.05, 0) is 86.7 Å². The SMILES string of the molecule is Cc1cc(-c2cnc3[nH]cc(-c4ccc(C(=O)N(C)C[C@@H](C)O)cc4)c3c2)ccc1[C@H]1CCCN(C)C1. The average molecular weight is 497 g/mol. The molecule has 1 amide bonds. The van der Waals surface area contributed by atoms with Gasteiger partial charge in [0, 0.05) is 54.6 Å². The lowest BCUT2D eigenvalue weighted by Gasteiger charge is -2.31. The zero-order chi connectivity index (χ0) is 26.1. The third-order valence-electron chi connectivity index (χ3n) is 7.53. The van der Waals surface area contributed by atoms with Crippen LogP contribution in [0.1, 0.15) is 47.2 Å². The number of carbonyl (C=O) groups excluding carboxylic acids is 1. The van der Waals surface area contributed by atoms with Gasteiger partial charge < -0.3 is 19.9 Å². The van der Waals surface area contributed by atoms with Crippen molar-refractivity contribution in [2.45, 2.75) is 38.7 Å². The van der Waals surface area contributed by atoms with Gasteiger partial charge in [0.25, 0.3) is 5.91 Å². The maximum atomic E-state index is 12.7. The summed E-state index contributed by atoms with van der Waals surface area (Å²) in [6.07, 6.45) is 5.87. The van der Waals surface area contributed by atoms with E-state index in [2.05, 4.69) is 48.1 Å². The molecule has 192 valence electrons. The number of likely N-dealkylation sites (N-methyl/N-ethyl adjacent to an activating group) is 2. The zero-order valence-corrected chi connectivity index (χ0v) is 22.2. The molecule has 0 spiro atoms. The number of likely N-dealkylation sites (tertiary alicyclic amines) is 1. The molecule has 0 aliphatic carbocycles. The van der Waals surface area contributed by atoms with Crippen molar-refractivity contribution in [2.24, 2.45) is 0 Å². The van der Waals surface area contributed by atoms with Gasteiger partial charge in [-0.1, -0.05) is 30.3 Å². The highest BCUT2D eigenvalue weighted by molar-refractivity contribution is 5.98. The molecule has 1 saturated heterocycles. The van der Waals surface area contributed by atoms with E-state index >= 15 is 0 Å². The molecular weight excluding hydrogens is 460 g/mol. The molecule has 6 heteroatoms. The second-order valence-electron chi connectivity index (χ2n) is 10.6. The number of nitrogens with zero attached hydrogens (tertiary/aromatic N) is 3. The monoisotopic (exact) mass is 496 g/mol. The van der Waals surface area contributed by atoms with Crippen LogP contribution < -0.4 is 0 Å². The van der Waals surface area contributed by atoms with Gasteiger partial charge in [-0.15, -0.1) is 0 Å². The largest absolute Gasteiger partial charge is 0.392 e. The summed E-state index contributed by atoms with van der Waals surface area (Å²) >= 11 is 0. The molecule has 0 radical (unpaired) electrons. The highest BCUT2D eigenvalue weighted by atomic mass is 16.3. The van der Waals surface area contributed by atoms with Crippen LogP contribution in [0.25, 0.3) is 33.3 Å². The average Bonchev–Trinajstić information content (AvgIpc) is 3.31. The Hall–Kier alpha value is -3.48. The number of fused-ring (bicyclic) bond motifs is 1. The number of rotatable bonds is 6. The van der Waals surface area contributed by atoms with Crippen molar-refractivity contribution >= 4 is 16.9 Å². The molecule has 2 aromatic heterocycles. The van der Waals surface area contributed by atoms with Crippen LogP contribution in [-0.4, -0.2) is 70.6 Å². The molecule has 2 atom stereocenters. The predicted octanol–water partition coefficient (Wildman–Crippen LogP) is 5.47. The fourth-order valence-corrected chi connectivity index (χ4v) is 5.63. The Morgan fingerprint density at radius 1 is 1.16 bits per heavy atom. The number of aromatic nitrogens is 2. The first-order chi connectivity index (χ1) is 17.8. The summed E-state index contributed by atoms with van der Waals surface area (Å²) < 4.78 is 0. The van der Waals surface area contributed by atoms with Gasteiger partial charge in [0.15, 0.2) is 0 Å². The first kappa shape index (κ1) is 25.2. The van der Waals surface area contributed by atoms with Gasteiger partial charge in [-0.25, -0.2) is 4.98 Å². The van der Waals surface area contributed by atoms with Gasteiger partial charge in [0.05, 0.1) is 6.10 Å². The first-order valence-electron chi connectivity index (χ1n) is 13.1. The molecule has 37 heavy (non-hydrogen) atoms. The van der Waals surface area contributed by atoms with Crippen molar-refractivity contribution in [3.05, 3.63) is 77.6 Å². The summed E-state index contributed by atoms with van der Waals surface area (Å²) in [5, 5.41) is 10.6. The second-order valence-corrected chi connectivity index (χ2v) is 10.6. The van der Waals surface area contributed by atoms with Crippen molar-refractivity contribution in [2.75, 3.05) is 33.7 Å². The second kappa shape index (κ2) is 10.5. The molecule has 0 bridgehead atoms. The van der Waals surface area contributed by atoms with Gasteiger partial charge in [-0.2, -0.15) is 0 Å². The van der Waals surface area contributed by atoms with E-state index in [4.69, 9.17) is 4.98 Å². The molecule has 2 aromatic carbocycles. The third kappa shape index (κ3) is 5.31. The fourth-order valence-electron chi connectivity index (χ4n) is 5.63. The Balaban J connectivity index is 1.41. The number of carbonyl (C=O) groups is 1.